The van der Waals surface area contributed by atoms with Crippen molar-refractivity contribution in [2.75, 3.05) is 6.54 Å². The standard InChI is InChI=1S/C19H25N5OS/c1-5-6-9-23(11-15-8-7-14(4)26-15)18(25)16-10-17(13(2)3)24-19(22-16)20-12-21-24/h7-8,10,12-13H,5-6,9,11H2,1-4H3. The average Bonchev–Trinajstić information content (AvgIpc) is 3.25. The zero-order valence-corrected chi connectivity index (χ0v) is 16.6. The van der Waals surface area contributed by atoms with E-state index in [2.05, 4.69) is 54.9 Å². The summed E-state index contributed by atoms with van der Waals surface area (Å²) in [5, 5.41) is 4.23. The molecule has 0 bridgehead atoms. The van der Waals surface area contributed by atoms with Gasteiger partial charge >= 0.3 is 0 Å². The normalized spacial score (nSPS) is 11.4. The van der Waals surface area contributed by atoms with Gasteiger partial charge in [-0.1, -0.05) is 27.2 Å². The highest BCUT2D eigenvalue weighted by Gasteiger charge is 2.21. The summed E-state index contributed by atoms with van der Waals surface area (Å²) in [4.78, 5) is 26.2. The van der Waals surface area contributed by atoms with E-state index >= 15 is 0 Å². The maximum Gasteiger partial charge on any atom is 0.272 e. The molecule has 0 atom stereocenters. The molecule has 6 nitrogen and oxygen atoms in total. The summed E-state index contributed by atoms with van der Waals surface area (Å²) in [7, 11) is 0. The van der Waals surface area contributed by atoms with Gasteiger partial charge in [0.1, 0.15) is 12.0 Å². The van der Waals surface area contributed by atoms with Crippen LogP contribution >= 0.6 is 11.3 Å². The van der Waals surface area contributed by atoms with E-state index in [0.717, 1.165) is 25.1 Å². The first-order chi connectivity index (χ1) is 12.5. The molecule has 1 amide bonds. The summed E-state index contributed by atoms with van der Waals surface area (Å²) in [6.07, 6.45) is 3.49. The Kier molecular flexibility index (Phi) is 5.66. The third-order valence-electron chi connectivity index (χ3n) is 4.30. The number of amides is 1. The van der Waals surface area contributed by atoms with Crippen molar-refractivity contribution >= 4 is 23.0 Å². The molecule has 0 aliphatic carbocycles. The van der Waals surface area contributed by atoms with Crippen LogP contribution in [0.2, 0.25) is 0 Å². The van der Waals surface area contributed by atoms with Crippen molar-refractivity contribution in [2.45, 2.75) is 53.0 Å². The van der Waals surface area contributed by atoms with E-state index in [1.54, 1.807) is 15.9 Å². The van der Waals surface area contributed by atoms with Crippen molar-refractivity contribution in [1.29, 1.82) is 0 Å². The van der Waals surface area contributed by atoms with E-state index in [-0.39, 0.29) is 11.8 Å². The maximum absolute atomic E-state index is 13.2. The highest BCUT2D eigenvalue weighted by atomic mass is 32.1. The Morgan fingerprint density at radius 2 is 2.15 bits per heavy atom. The molecular weight excluding hydrogens is 346 g/mol. The highest BCUT2D eigenvalue weighted by molar-refractivity contribution is 7.11. The monoisotopic (exact) mass is 371 g/mol. The van der Waals surface area contributed by atoms with Crippen LogP contribution in [-0.2, 0) is 6.54 Å². The molecule has 0 unspecified atom stereocenters. The van der Waals surface area contributed by atoms with Gasteiger partial charge in [0.15, 0.2) is 0 Å². The van der Waals surface area contributed by atoms with Gasteiger partial charge in [-0.2, -0.15) is 10.1 Å². The zero-order chi connectivity index (χ0) is 18.7. The van der Waals surface area contributed by atoms with E-state index in [9.17, 15) is 4.79 Å². The molecule has 7 heteroatoms. The number of thiophene rings is 1. The Labute approximate surface area is 157 Å². The molecule has 0 fully saturated rings. The van der Waals surface area contributed by atoms with E-state index in [4.69, 9.17) is 0 Å². The second kappa shape index (κ2) is 7.95. The zero-order valence-electron chi connectivity index (χ0n) is 15.8. The molecule has 0 spiro atoms. The van der Waals surface area contributed by atoms with Gasteiger partial charge in [0, 0.05) is 16.3 Å². The first-order valence-electron chi connectivity index (χ1n) is 9.04. The molecule has 3 aromatic heterocycles. The number of aryl methyl sites for hydroxylation is 1. The molecule has 0 aromatic carbocycles. The number of fused-ring (bicyclic) bond motifs is 1. The van der Waals surface area contributed by atoms with Gasteiger partial charge < -0.3 is 4.90 Å². The lowest BCUT2D eigenvalue weighted by atomic mass is 10.1. The van der Waals surface area contributed by atoms with Crippen molar-refractivity contribution in [2.24, 2.45) is 0 Å². The summed E-state index contributed by atoms with van der Waals surface area (Å²) in [5.41, 5.74) is 1.39. The lowest BCUT2D eigenvalue weighted by Gasteiger charge is -2.22. The lowest BCUT2D eigenvalue weighted by Crippen LogP contribution is -2.32. The van der Waals surface area contributed by atoms with E-state index < -0.39 is 0 Å². The second-order valence-corrected chi connectivity index (χ2v) is 8.16. The second-order valence-electron chi connectivity index (χ2n) is 6.79. The van der Waals surface area contributed by atoms with Crippen LogP contribution in [0.15, 0.2) is 24.5 Å². The summed E-state index contributed by atoms with van der Waals surface area (Å²) in [5.74, 6) is 0.650. The van der Waals surface area contributed by atoms with Gasteiger partial charge in [-0.3, -0.25) is 4.79 Å². The minimum Gasteiger partial charge on any atom is -0.332 e. The fourth-order valence-electron chi connectivity index (χ4n) is 2.88. The quantitative estimate of drug-likeness (QED) is 0.628. The Hall–Kier alpha value is -2.28. The predicted octanol–water partition coefficient (Wildman–Crippen LogP) is 4.06. The van der Waals surface area contributed by atoms with Crippen LogP contribution < -0.4 is 0 Å². The van der Waals surface area contributed by atoms with Crippen molar-refractivity contribution in [3.63, 3.8) is 0 Å². The SMILES string of the molecule is CCCCN(Cc1ccc(C)s1)C(=O)c1cc(C(C)C)n2ncnc2n1. The fourth-order valence-corrected chi connectivity index (χ4v) is 3.78. The van der Waals surface area contributed by atoms with Crippen LogP contribution in [-0.4, -0.2) is 36.9 Å². The predicted molar refractivity (Wildman–Crippen MR) is 104 cm³/mol. The molecular formula is C19H25N5OS. The van der Waals surface area contributed by atoms with Gasteiger partial charge in [0.05, 0.1) is 12.2 Å². The van der Waals surface area contributed by atoms with E-state index in [0.29, 0.717) is 18.0 Å². The number of hydrogen-bond donors (Lipinski definition) is 0. The first kappa shape index (κ1) is 18.5. The third kappa shape index (κ3) is 3.93. The molecule has 0 aliphatic heterocycles. The Bertz CT molecular complexity index is 898. The van der Waals surface area contributed by atoms with Gasteiger partial charge in [-0.05, 0) is 37.5 Å². The van der Waals surface area contributed by atoms with Crippen LogP contribution in [0.5, 0.6) is 0 Å². The number of carbonyl (C=O) groups excluding carboxylic acids is 1. The number of nitrogens with zero attached hydrogens (tertiary/aromatic N) is 5. The van der Waals surface area contributed by atoms with Gasteiger partial charge in [0.25, 0.3) is 11.7 Å². The molecule has 3 heterocycles. The van der Waals surface area contributed by atoms with Crippen molar-refractivity contribution < 1.29 is 4.79 Å². The van der Waals surface area contributed by atoms with Crippen LogP contribution in [0.4, 0.5) is 0 Å². The minimum atomic E-state index is -0.0445. The molecule has 3 aromatic rings. The van der Waals surface area contributed by atoms with Crippen molar-refractivity contribution in [3.8, 4) is 0 Å². The number of carbonyl (C=O) groups is 1. The topological polar surface area (TPSA) is 63.4 Å². The largest absolute Gasteiger partial charge is 0.332 e. The van der Waals surface area contributed by atoms with E-state index in [1.807, 2.05) is 11.0 Å². The van der Waals surface area contributed by atoms with Crippen LogP contribution in [0, 0.1) is 6.92 Å². The van der Waals surface area contributed by atoms with Crippen molar-refractivity contribution in [3.05, 3.63) is 45.7 Å². The minimum absolute atomic E-state index is 0.0445. The fraction of sp³-hybridized carbons (Fsp3) is 0.474. The summed E-state index contributed by atoms with van der Waals surface area (Å²) < 4.78 is 1.71. The maximum atomic E-state index is 13.2. The third-order valence-corrected chi connectivity index (χ3v) is 5.29. The smallest absolute Gasteiger partial charge is 0.272 e. The van der Waals surface area contributed by atoms with Crippen LogP contribution in [0.25, 0.3) is 5.78 Å². The van der Waals surface area contributed by atoms with Crippen molar-refractivity contribution in [1.82, 2.24) is 24.5 Å². The van der Waals surface area contributed by atoms with Gasteiger partial charge in [0.2, 0.25) is 0 Å². The summed E-state index contributed by atoms with van der Waals surface area (Å²) in [6, 6.07) is 6.05. The first-order valence-corrected chi connectivity index (χ1v) is 9.86. The number of aromatic nitrogens is 4. The van der Waals surface area contributed by atoms with Gasteiger partial charge in [-0.25, -0.2) is 9.50 Å². The van der Waals surface area contributed by atoms with E-state index in [1.165, 1.54) is 16.1 Å². The molecule has 138 valence electrons. The summed E-state index contributed by atoms with van der Waals surface area (Å²) in [6.45, 7) is 9.72. The average molecular weight is 372 g/mol. The Morgan fingerprint density at radius 3 is 2.81 bits per heavy atom. The van der Waals surface area contributed by atoms with Crippen LogP contribution in [0.1, 0.15) is 65.5 Å². The molecule has 26 heavy (non-hydrogen) atoms. The molecule has 0 saturated carbocycles. The molecule has 3 rings (SSSR count). The Morgan fingerprint density at radius 1 is 1.35 bits per heavy atom. The van der Waals surface area contributed by atoms with Crippen LogP contribution in [0.3, 0.4) is 0 Å². The number of hydrogen-bond acceptors (Lipinski definition) is 5. The summed E-state index contributed by atoms with van der Waals surface area (Å²) >= 11 is 1.73. The Balaban J connectivity index is 1.93. The molecule has 0 N–H and O–H groups in total. The highest BCUT2D eigenvalue weighted by Crippen LogP contribution is 2.20. The molecule has 0 radical (unpaired) electrons. The molecule has 0 saturated heterocycles. The number of rotatable bonds is 7. The van der Waals surface area contributed by atoms with Gasteiger partial charge in [-0.15, -0.1) is 11.3 Å². The number of unbranched alkanes of at least 4 members (excludes halogenated alkanes) is 1. The molecule has 0 aliphatic rings. The lowest BCUT2D eigenvalue weighted by molar-refractivity contribution is 0.0736.